The number of aliphatic hydroxyl groups is 1. The maximum Gasteiger partial charge on any atom is 0.240 e. The van der Waals surface area contributed by atoms with Crippen LogP contribution < -0.4 is 5.32 Å². The van der Waals surface area contributed by atoms with E-state index in [0.717, 1.165) is 11.6 Å². The Hall–Kier alpha value is -3.89. The fourth-order valence-electron chi connectivity index (χ4n) is 4.36. The van der Waals surface area contributed by atoms with Crippen LogP contribution in [0.1, 0.15) is 24.1 Å². The number of nitrogens with one attached hydrogen (secondary N) is 1. The molecule has 0 radical (unpaired) electrons. The molecule has 2 atom stereocenters. The van der Waals surface area contributed by atoms with Gasteiger partial charge in [0.15, 0.2) is 0 Å². The third kappa shape index (κ3) is 4.90. The van der Waals surface area contributed by atoms with Crippen LogP contribution in [-0.4, -0.2) is 29.7 Å². The number of fused-ring (bicyclic) bond motifs is 1. The number of aromatic nitrogens is 5. The highest BCUT2D eigenvalue weighted by Gasteiger charge is 2.41. The Kier molecular flexibility index (Phi) is 6.61. The van der Waals surface area contributed by atoms with E-state index in [9.17, 15) is 13.9 Å². The summed E-state index contributed by atoms with van der Waals surface area (Å²) in [6, 6.07) is 14.3. The maximum absolute atomic E-state index is 15.0. The maximum atomic E-state index is 15.0. The molecule has 0 aliphatic carbocycles. The van der Waals surface area contributed by atoms with E-state index in [4.69, 9.17) is 11.6 Å². The van der Waals surface area contributed by atoms with Crippen LogP contribution in [0.25, 0.3) is 10.9 Å². The summed E-state index contributed by atoms with van der Waals surface area (Å²) in [4.78, 5) is 3.87. The Bertz CT molecular complexity index is 1540. The monoisotopic (exact) mass is 526 g/mol. The van der Waals surface area contributed by atoms with Crippen molar-refractivity contribution in [3.05, 3.63) is 107 Å². The van der Waals surface area contributed by atoms with E-state index >= 15 is 4.39 Å². The fourth-order valence-corrected chi connectivity index (χ4v) is 4.49. The molecule has 3 aromatic carbocycles. The first kappa shape index (κ1) is 24.8. The van der Waals surface area contributed by atoms with Crippen molar-refractivity contribution in [2.75, 3.05) is 5.32 Å². The van der Waals surface area contributed by atoms with Crippen LogP contribution in [0.5, 0.6) is 0 Å². The number of hydrogen-bond donors (Lipinski definition) is 2. The zero-order valence-corrected chi connectivity index (χ0v) is 20.4. The molecule has 2 aromatic heterocycles. The summed E-state index contributed by atoms with van der Waals surface area (Å²) in [6.45, 7) is 1.84. The molecule has 0 saturated heterocycles. The SMILES string of the molecule is C[C@@H](n1nc(F)c2cc(NCc3ccc(Cl)cc3)ccc21)[C@](O)(Cn1cncn1)c1ccc(F)cc1F. The lowest BCUT2D eigenvalue weighted by molar-refractivity contribution is -0.0358. The first-order chi connectivity index (χ1) is 17.7. The summed E-state index contributed by atoms with van der Waals surface area (Å²) in [5.74, 6) is -2.48. The van der Waals surface area contributed by atoms with Gasteiger partial charge in [0.2, 0.25) is 5.95 Å². The second kappa shape index (κ2) is 9.87. The molecule has 37 heavy (non-hydrogen) atoms. The topological polar surface area (TPSA) is 80.8 Å². The molecule has 5 rings (SSSR count). The molecule has 0 amide bonds. The van der Waals surface area contributed by atoms with Gasteiger partial charge in [0, 0.05) is 28.9 Å². The van der Waals surface area contributed by atoms with Crippen LogP contribution in [-0.2, 0) is 18.7 Å². The molecular weight excluding hydrogens is 505 g/mol. The number of nitrogens with zero attached hydrogens (tertiary/aromatic N) is 5. The van der Waals surface area contributed by atoms with Crippen molar-refractivity contribution < 1.29 is 18.3 Å². The molecule has 0 bridgehead atoms. The van der Waals surface area contributed by atoms with Gasteiger partial charge >= 0.3 is 0 Å². The first-order valence-corrected chi connectivity index (χ1v) is 11.8. The Balaban J connectivity index is 1.50. The Morgan fingerprint density at radius 2 is 1.84 bits per heavy atom. The predicted molar refractivity (Wildman–Crippen MR) is 133 cm³/mol. The minimum Gasteiger partial charge on any atom is -0.381 e. The van der Waals surface area contributed by atoms with Crippen molar-refractivity contribution >= 4 is 28.2 Å². The normalized spacial score (nSPS) is 14.0. The van der Waals surface area contributed by atoms with Crippen molar-refractivity contribution in [2.24, 2.45) is 0 Å². The number of anilines is 1. The second-order valence-corrected chi connectivity index (χ2v) is 9.20. The Morgan fingerprint density at radius 1 is 1.05 bits per heavy atom. The molecular formula is C26H22ClF3N6O. The van der Waals surface area contributed by atoms with Crippen LogP contribution in [0.2, 0.25) is 5.02 Å². The van der Waals surface area contributed by atoms with Gasteiger partial charge in [0.1, 0.15) is 29.9 Å². The molecule has 0 spiro atoms. The van der Waals surface area contributed by atoms with E-state index in [-0.39, 0.29) is 17.5 Å². The first-order valence-electron chi connectivity index (χ1n) is 11.4. The van der Waals surface area contributed by atoms with Crippen molar-refractivity contribution in [1.29, 1.82) is 0 Å². The largest absolute Gasteiger partial charge is 0.381 e. The standard InChI is InChI=1S/C26H22ClF3N6O/c1-16(26(37,13-35-15-31-14-33-35)22-8-6-19(28)10-23(22)29)36-24-9-7-20(11-21(24)25(30)34-36)32-12-17-2-4-18(27)5-3-17/h2-11,14-16,32,37H,12-13H2,1H3/t16-,26-/m1/s1. The smallest absolute Gasteiger partial charge is 0.240 e. The predicted octanol–water partition coefficient (Wildman–Crippen LogP) is 5.46. The van der Waals surface area contributed by atoms with E-state index in [1.54, 1.807) is 37.3 Å². The molecule has 0 unspecified atom stereocenters. The fraction of sp³-hybridized carbons (Fsp3) is 0.192. The van der Waals surface area contributed by atoms with Crippen molar-refractivity contribution in [2.45, 2.75) is 31.7 Å². The Morgan fingerprint density at radius 3 is 2.54 bits per heavy atom. The van der Waals surface area contributed by atoms with Gasteiger partial charge in [0.05, 0.1) is 23.5 Å². The Labute approximate surface area is 215 Å². The van der Waals surface area contributed by atoms with Crippen LogP contribution >= 0.6 is 11.6 Å². The molecule has 2 N–H and O–H groups in total. The van der Waals surface area contributed by atoms with Crippen LogP contribution in [0, 0.1) is 17.6 Å². The summed E-state index contributed by atoms with van der Waals surface area (Å²) in [5, 5.41) is 24.0. The average molecular weight is 527 g/mol. The third-order valence-corrected chi connectivity index (χ3v) is 6.65. The van der Waals surface area contributed by atoms with Crippen LogP contribution in [0.3, 0.4) is 0 Å². The minimum absolute atomic E-state index is 0.179. The quantitative estimate of drug-likeness (QED) is 0.281. The second-order valence-electron chi connectivity index (χ2n) is 8.76. The van der Waals surface area contributed by atoms with Gasteiger partial charge in [-0.05, 0) is 48.9 Å². The number of rotatable bonds is 8. The number of halogens is 4. The van der Waals surface area contributed by atoms with Gasteiger partial charge < -0.3 is 10.4 Å². The van der Waals surface area contributed by atoms with E-state index < -0.39 is 29.2 Å². The highest BCUT2D eigenvalue weighted by Crippen LogP contribution is 2.38. The summed E-state index contributed by atoms with van der Waals surface area (Å²) < 4.78 is 46.2. The van der Waals surface area contributed by atoms with Gasteiger partial charge in [-0.3, -0.25) is 4.68 Å². The van der Waals surface area contributed by atoms with Crippen molar-refractivity contribution in [3.8, 4) is 0 Å². The third-order valence-electron chi connectivity index (χ3n) is 6.40. The molecule has 0 aliphatic heterocycles. The van der Waals surface area contributed by atoms with Crippen LogP contribution in [0.4, 0.5) is 18.9 Å². The lowest BCUT2D eigenvalue weighted by atomic mass is 9.86. The number of hydrogen-bond acceptors (Lipinski definition) is 5. The van der Waals surface area contributed by atoms with Gasteiger partial charge in [-0.15, -0.1) is 5.10 Å². The van der Waals surface area contributed by atoms with Crippen molar-refractivity contribution in [3.63, 3.8) is 0 Å². The molecule has 0 aliphatic rings. The molecule has 5 aromatic rings. The molecule has 0 fully saturated rings. The minimum atomic E-state index is -1.98. The molecule has 7 nitrogen and oxygen atoms in total. The lowest BCUT2D eigenvalue weighted by Gasteiger charge is -2.35. The van der Waals surface area contributed by atoms with Crippen LogP contribution in [0.15, 0.2) is 73.3 Å². The zero-order chi connectivity index (χ0) is 26.2. The average Bonchev–Trinajstić information content (AvgIpc) is 3.50. The zero-order valence-electron chi connectivity index (χ0n) is 19.6. The molecule has 2 heterocycles. The number of benzene rings is 3. The molecule has 11 heteroatoms. The van der Waals surface area contributed by atoms with E-state index in [1.807, 2.05) is 12.1 Å². The summed E-state index contributed by atoms with van der Waals surface area (Å²) in [6.07, 6.45) is 2.63. The molecule has 0 saturated carbocycles. The van der Waals surface area contributed by atoms with E-state index in [1.165, 1.54) is 28.1 Å². The molecule has 190 valence electrons. The summed E-state index contributed by atoms with van der Waals surface area (Å²) in [7, 11) is 0. The summed E-state index contributed by atoms with van der Waals surface area (Å²) in [5.41, 5.74) is -0.115. The van der Waals surface area contributed by atoms with E-state index in [2.05, 4.69) is 20.5 Å². The van der Waals surface area contributed by atoms with Gasteiger partial charge in [-0.1, -0.05) is 29.8 Å². The van der Waals surface area contributed by atoms with Gasteiger partial charge in [-0.25, -0.2) is 18.4 Å². The van der Waals surface area contributed by atoms with Gasteiger partial charge in [-0.2, -0.15) is 9.49 Å². The summed E-state index contributed by atoms with van der Waals surface area (Å²) >= 11 is 5.93. The lowest BCUT2D eigenvalue weighted by Crippen LogP contribution is -2.41. The highest BCUT2D eigenvalue weighted by molar-refractivity contribution is 6.30. The van der Waals surface area contributed by atoms with Crippen molar-refractivity contribution in [1.82, 2.24) is 24.5 Å². The highest BCUT2D eigenvalue weighted by atomic mass is 35.5. The van der Waals surface area contributed by atoms with E-state index in [0.29, 0.717) is 28.8 Å². The van der Waals surface area contributed by atoms with Gasteiger partial charge in [0.25, 0.3) is 0 Å².